The van der Waals surface area contributed by atoms with Gasteiger partial charge in [-0.15, -0.1) is 6.58 Å². The molecule has 0 aromatic carbocycles. The Labute approximate surface area is 109 Å². The summed E-state index contributed by atoms with van der Waals surface area (Å²) in [6.45, 7) is 9.13. The van der Waals surface area contributed by atoms with E-state index in [1.54, 1.807) is 6.08 Å². The third kappa shape index (κ3) is 3.33. The van der Waals surface area contributed by atoms with Gasteiger partial charge in [-0.05, 0) is 57.8 Å². The van der Waals surface area contributed by atoms with Gasteiger partial charge in [0.15, 0.2) is 0 Å². The molecule has 1 atom stereocenters. The molecule has 18 heavy (non-hydrogen) atoms. The van der Waals surface area contributed by atoms with Crippen LogP contribution in [0.15, 0.2) is 12.7 Å². The average molecular weight is 252 g/mol. The van der Waals surface area contributed by atoms with Crippen molar-refractivity contribution in [1.29, 1.82) is 0 Å². The summed E-state index contributed by atoms with van der Waals surface area (Å²) < 4.78 is 0. The highest BCUT2D eigenvalue weighted by atomic mass is 16.4. The molecule has 0 radical (unpaired) electrons. The average Bonchev–Trinajstić information content (AvgIpc) is 2.84. The smallest absolute Gasteiger partial charge is 0.324 e. The molecule has 2 aliphatic rings. The highest BCUT2D eigenvalue weighted by Crippen LogP contribution is 2.22. The SMILES string of the molecule is C=CC(C(=O)O)N1CCC(CN2CCCC2)CC1. The van der Waals surface area contributed by atoms with Crippen LogP contribution >= 0.6 is 0 Å². The van der Waals surface area contributed by atoms with E-state index in [0.29, 0.717) is 0 Å². The van der Waals surface area contributed by atoms with Crippen molar-refractivity contribution in [3.8, 4) is 0 Å². The van der Waals surface area contributed by atoms with Gasteiger partial charge >= 0.3 is 5.97 Å². The van der Waals surface area contributed by atoms with Crippen molar-refractivity contribution in [2.75, 3.05) is 32.7 Å². The first-order valence-corrected chi connectivity index (χ1v) is 7.02. The van der Waals surface area contributed by atoms with Gasteiger partial charge in [0, 0.05) is 6.54 Å². The molecule has 4 nitrogen and oxygen atoms in total. The van der Waals surface area contributed by atoms with E-state index in [1.807, 2.05) is 4.90 Å². The van der Waals surface area contributed by atoms with Gasteiger partial charge < -0.3 is 10.0 Å². The van der Waals surface area contributed by atoms with Gasteiger partial charge in [0.2, 0.25) is 0 Å². The number of carboxylic acid groups (broad SMARTS) is 1. The third-order valence-electron chi connectivity index (χ3n) is 4.23. The molecule has 0 bridgehead atoms. The fraction of sp³-hybridized carbons (Fsp3) is 0.786. The first-order chi connectivity index (χ1) is 8.70. The van der Waals surface area contributed by atoms with Crippen LogP contribution in [0.1, 0.15) is 25.7 Å². The maximum Gasteiger partial charge on any atom is 0.324 e. The molecule has 2 aliphatic heterocycles. The van der Waals surface area contributed by atoms with Gasteiger partial charge in [0.25, 0.3) is 0 Å². The van der Waals surface area contributed by atoms with Crippen molar-refractivity contribution in [1.82, 2.24) is 9.80 Å². The van der Waals surface area contributed by atoms with E-state index < -0.39 is 12.0 Å². The Morgan fingerprint density at radius 3 is 2.39 bits per heavy atom. The first-order valence-electron chi connectivity index (χ1n) is 7.02. The molecule has 0 saturated carbocycles. The number of hydrogen-bond donors (Lipinski definition) is 1. The lowest BCUT2D eigenvalue weighted by Crippen LogP contribution is -2.45. The molecule has 0 aromatic heterocycles. The van der Waals surface area contributed by atoms with Crippen molar-refractivity contribution in [2.45, 2.75) is 31.7 Å². The molecule has 1 unspecified atom stereocenters. The predicted octanol–water partition coefficient (Wildman–Crippen LogP) is 1.43. The second-order valence-corrected chi connectivity index (χ2v) is 5.51. The van der Waals surface area contributed by atoms with E-state index in [1.165, 1.54) is 32.5 Å². The van der Waals surface area contributed by atoms with Crippen molar-refractivity contribution in [3.05, 3.63) is 12.7 Å². The van der Waals surface area contributed by atoms with Gasteiger partial charge in [0.1, 0.15) is 6.04 Å². The standard InChI is InChI=1S/C14H24N2O2/c1-2-13(14(17)18)16-9-5-12(6-10-16)11-15-7-3-4-8-15/h2,12-13H,1,3-11H2,(H,17,18). The molecule has 0 spiro atoms. The van der Waals surface area contributed by atoms with E-state index in [9.17, 15) is 4.79 Å². The molecule has 0 aromatic rings. The Morgan fingerprint density at radius 1 is 1.28 bits per heavy atom. The van der Waals surface area contributed by atoms with Crippen LogP contribution in [-0.4, -0.2) is 59.6 Å². The number of piperidine rings is 1. The zero-order valence-electron chi connectivity index (χ0n) is 11.1. The highest BCUT2D eigenvalue weighted by molar-refractivity contribution is 5.75. The Kier molecular flexibility index (Phi) is 4.78. The Morgan fingerprint density at radius 2 is 1.89 bits per heavy atom. The number of hydrogen-bond acceptors (Lipinski definition) is 3. The summed E-state index contributed by atoms with van der Waals surface area (Å²) in [5.74, 6) is -0.0263. The summed E-state index contributed by atoms with van der Waals surface area (Å²) >= 11 is 0. The summed E-state index contributed by atoms with van der Waals surface area (Å²) in [5, 5.41) is 9.10. The van der Waals surface area contributed by atoms with E-state index in [-0.39, 0.29) is 0 Å². The number of aliphatic carboxylic acids is 1. The largest absolute Gasteiger partial charge is 0.480 e. The molecule has 2 rings (SSSR count). The molecule has 102 valence electrons. The Balaban J connectivity index is 1.76. The van der Waals surface area contributed by atoms with Crippen molar-refractivity contribution < 1.29 is 9.90 Å². The van der Waals surface area contributed by atoms with Crippen LogP contribution in [0, 0.1) is 5.92 Å². The lowest BCUT2D eigenvalue weighted by molar-refractivity contribution is -0.141. The molecular formula is C14H24N2O2. The van der Waals surface area contributed by atoms with E-state index in [0.717, 1.165) is 31.8 Å². The van der Waals surface area contributed by atoms with Gasteiger partial charge in [-0.2, -0.15) is 0 Å². The van der Waals surface area contributed by atoms with E-state index >= 15 is 0 Å². The van der Waals surface area contributed by atoms with E-state index in [2.05, 4.69) is 11.5 Å². The Bertz CT molecular complexity index is 292. The number of nitrogens with zero attached hydrogens (tertiary/aromatic N) is 2. The summed E-state index contributed by atoms with van der Waals surface area (Å²) in [7, 11) is 0. The minimum Gasteiger partial charge on any atom is -0.480 e. The van der Waals surface area contributed by atoms with Crippen LogP contribution in [0.3, 0.4) is 0 Å². The highest BCUT2D eigenvalue weighted by Gasteiger charge is 2.28. The number of likely N-dealkylation sites (tertiary alicyclic amines) is 2. The predicted molar refractivity (Wildman–Crippen MR) is 71.6 cm³/mol. The van der Waals surface area contributed by atoms with Crippen LogP contribution in [-0.2, 0) is 4.79 Å². The summed E-state index contributed by atoms with van der Waals surface area (Å²) in [4.78, 5) is 15.7. The van der Waals surface area contributed by atoms with E-state index in [4.69, 9.17) is 5.11 Å². The topological polar surface area (TPSA) is 43.8 Å². The second-order valence-electron chi connectivity index (χ2n) is 5.51. The minimum absolute atomic E-state index is 0.502. The maximum absolute atomic E-state index is 11.1. The van der Waals surface area contributed by atoms with Crippen molar-refractivity contribution >= 4 is 5.97 Å². The van der Waals surface area contributed by atoms with Crippen LogP contribution in [0.5, 0.6) is 0 Å². The Hall–Kier alpha value is -0.870. The molecule has 1 N–H and O–H groups in total. The zero-order valence-corrected chi connectivity index (χ0v) is 11.1. The van der Waals surface area contributed by atoms with Gasteiger partial charge in [-0.25, -0.2) is 0 Å². The quantitative estimate of drug-likeness (QED) is 0.752. The fourth-order valence-electron chi connectivity index (χ4n) is 3.15. The van der Waals surface area contributed by atoms with Crippen LogP contribution in [0.25, 0.3) is 0 Å². The monoisotopic (exact) mass is 252 g/mol. The first kappa shape index (κ1) is 13.6. The van der Waals surface area contributed by atoms with Crippen LogP contribution in [0.2, 0.25) is 0 Å². The summed E-state index contributed by atoms with van der Waals surface area (Å²) in [6, 6.07) is -0.502. The number of rotatable bonds is 5. The van der Waals surface area contributed by atoms with Gasteiger partial charge in [-0.1, -0.05) is 6.08 Å². The lowest BCUT2D eigenvalue weighted by atomic mass is 9.95. The molecular weight excluding hydrogens is 228 g/mol. The third-order valence-corrected chi connectivity index (χ3v) is 4.23. The summed E-state index contributed by atoms with van der Waals surface area (Å²) in [6.07, 6.45) is 6.47. The van der Waals surface area contributed by atoms with Crippen LogP contribution in [0.4, 0.5) is 0 Å². The molecule has 2 saturated heterocycles. The molecule has 2 heterocycles. The molecule has 2 fully saturated rings. The molecule has 0 aliphatic carbocycles. The van der Waals surface area contributed by atoms with Crippen molar-refractivity contribution in [3.63, 3.8) is 0 Å². The maximum atomic E-state index is 11.1. The summed E-state index contributed by atoms with van der Waals surface area (Å²) in [5.41, 5.74) is 0. The fourth-order valence-corrected chi connectivity index (χ4v) is 3.15. The van der Waals surface area contributed by atoms with Gasteiger partial charge in [-0.3, -0.25) is 9.69 Å². The van der Waals surface area contributed by atoms with Crippen molar-refractivity contribution in [2.24, 2.45) is 5.92 Å². The zero-order chi connectivity index (χ0) is 13.0. The number of carbonyl (C=O) groups is 1. The van der Waals surface area contributed by atoms with Gasteiger partial charge in [0.05, 0.1) is 0 Å². The molecule has 0 amide bonds. The lowest BCUT2D eigenvalue weighted by Gasteiger charge is -2.35. The molecule has 4 heteroatoms. The normalized spacial score (nSPS) is 25.1. The number of carboxylic acids is 1. The second kappa shape index (κ2) is 6.34. The minimum atomic E-state index is -0.775. The van der Waals surface area contributed by atoms with Crippen LogP contribution < -0.4 is 0 Å².